The highest BCUT2D eigenvalue weighted by Gasteiger charge is 2.29. The lowest BCUT2D eigenvalue weighted by atomic mass is 9.94. The van der Waals surface area contributed by atoms with Gasteiger partial charge in [0.1, 0.15) is 0 Å². The SMILES string of the molecule is O=C(Nc1ccc(F)c(F)c1F)C1CCN(C(=O)c2cccc3ccccc23)CC1. The third-order valence-electron chi connectivity index (χ3n) is 5.47. The molecule has 1 heterocycles. The molecule has 1 aliphatic rings. The number of likely N-dealkylation sites (tertiary alicyclic amines) is 1. The molecular formula is C23H19F3N2O2. The van der Waals surface area contributed by atoms with E-state index in [9.17, 15) is 22.8 Å². The van der Waals surface area contributed by atoms with Gasteiger partial charge in [0.15, 0.2) is 17.5 Å². The Hall–Kier alpha value is -3.35. The molecule has 1 fully saturated rings. The zero-order chi connectivity index (χ0) is 21.3. The number of halogens is 3. The summed E-state index contributed by atoms with van der Waals surface area (Å²) in [6.45, 7) is 0.751. The standard InChI is InChI=1S/C23H19F3N2O2/c24-18-8-9-19(21(26)20(18)25)27-22(29)15-10-12-28(13-11-15)23(30)17-7-3-5-14-4-1-2-6-16(14)17/h1-9,15H,10-13H2,(H,27,29). The van der Waals surface area contributed by atoms with Gasteiger partial charge < -0.3 is 10.2 Å². The van der Waals surface area contributed by atoms with E-state index in [1.165, 1.54) is 0 Å². The number of nitrogens with zero attached hydrogens (tertiary/aromatic N) is 1. The molecule has 30 heavy (non-hydrogen) atoms. The summed E-state index contributed by atoms with van der Waals surface area (Å²) in [5, 5.41) is 4.18. The number of hydrogen-bond donors (Lipinski definition) is 1. The molecule has 7 heteroatoms. The average molecular weight is 412 g/mol. The highest BCUT2D eigenvalue weighted by atomic mass is 19.2. The number of fused-ring (bicyclic) bond motifs is 1. The average Bonchev–Trinajstić information content (AvgIpc) is 2.78. The molecule has 0 aromatic heterocycles. The van der Waals surface area contributed by atoms with E-state index in [-0.39, 0.29) is 5.91 Å². The molecule has 0 saturated carbocycles. The Morgan fingerprint density at radius 2 is 1.57 bits per heavy atom. The minimum absolute atomic E-state index is 0.0997. The summed E-state index contributed by atoms with van der Waals surface area (Å²) in [6, 6.07) is 15.0. The van der Waals surface area contributed by atoms with Gasteiger partial charge in [0.05, 0.1) is 5.69 Å². The van der Waals surface area contributed by atoms with Gasteiger partial charge in [-0.3, -0.25) is 9.59 Å². The lowest BCUT2D eigenvalue weighted by Gasteiger charge is -2.31. The summed E-state index contributed by atoms with van der Waals surface area (Å²) in [5.74, 6) is -5.38. The van der Waals surface area contributed by atoms with Gasteiger partial charge in [0.2, 0.25) is 5.91 Å². The van der Waals surface area contributed by atoms with Gasteiger partial charge in [-0.2, -0.15) is 0 Å². The van der Waals surface area contributed by atoms with Crippen LogP contribution in [0.4, 0.5) is 18.9 Å². The maximum Gasteiger partial charge on any atom is 0.254 e. The van der Waals surface area contributed by atoms with Crippen molar-refractivity contribution in [2.45, 2.75) is 12.8 Å². The van der Waals surface area contributed by atoms with Crippen molar-refractivity contribution in [3.05, 3.63) is 77.6 Å². The van der Waals surface area contributed by atoms with Crippen molar-refractivity contribution in [1.82, 2.24) is 4.90 Å². The van der Waals surface area contributed by atoms with Crippen LogP contribution in [0.2, 0.25) is 0 Å². The first-order valence-electron chi connectivity index (χ1n) is 9.67. The van der Waals surface area contributed by atoms with Crippen molar-refractivity contribution in [1.29, 1.82) is 0 Å². The smallest absolute Gasteiger partial charge is 0.254 e. The van der Waals surface area contributed by atoms with E-state index in [1.807, 2.05) is 36.4 Å². The van der Waals surface area contributed by atoms with Crippen LogP contribution in [0.5, 0.6) is 0 Å². The van der Waals surface area contributed by atoms with Crippen LogP contribution in [-0.2, 0) is 4.79 Å². The van der Waals surface area contributed by atoms with E-state index < -0.39 is 35.0 Å². The molecule has 3 aromatic carbocycles. The largest absolute Gasteiger partial charge is 0.339 e. The first kappa shape index (κ1) is 19.9. The summed E-state index contributed by atoms with van der Waals surface area (Å²) >= 11 is 0. The maximum atomic E-state index is 13.8. The number of rotatable bonds is 3. The number of anilines is 1. The second kappa shape index (κ2) is 8.18. The molecule has 4 nitrogen and oxygen atoms in total. The Balaban J connectivity index is 1.42. The molecular weight excluding hydrogens is 393 g/mol. The molecule has 0 aliphatic carbocycles. The number of carbonyl (C=O) groups is 2. The van der Waals surface area contributed by atoms with E-state index in [0.29, 0.717) is 31.5 Å². The third kappa shape index (κ3) is 3.75. The fraction of sp³-hybridized carbons (Fsp3) is 0.217. The Bertz CT molecular complexity index is 1120. The molecule has 0 bridgehead atoms. The van der Waals surface area contributed by atoms with Crippen LogP contribution in [0.3, 0.4) is 0 Å². The van der Waals surface area contributed by atoms with Crippen LogP contribution in [0.25, 0.3) is 10.8 Å². The van der Waals surface area contributed by atoms with Gasteiger partial charge in [-0.15, -0.1) is 0 Å². The highest BCUT2D eigenvalue weighted by Crippen LogP contribution is 2.26. The molecule has 0 atom stereocenters. The van der Waals surface area contributed by atoms with Crippen LogP contribution >= 0.6 is 0 Å². The van der Waals surface area contributed by atoms with Crippen molar-refractivity contribution < 1.29 is 22.8 Å². The quantitative estimate of drug-likeness (QED) is 0.632. The highest BCUT2D eigenvalue weighted by molar-refractivity contribution is 6.07. The van der Waals surface area contributed by atoms with Crippen molar-refractivity contribution in [2.24, 2.45) is 5.92 Å². The summed E-state index contributed by atoms with van der Waals surface area (Å²) in [6.07, 6.45) is 0.793. The van der Waals surface area contributed by atoms with Gasteiger partial charge >= 0.3 is 0 Å². The van der Waals surface area contributed by atoms with Gasteiger partial charge in [-0.25, -0.2) is 13.2 Å². The Kier molecular flexibility index (Phi) is 5.44. The molecule has 1 saturated heterocycles. The van der Waals surface area contributed by atoms with E-state index in [1.54, 1.807) is 11.0 Å². The summed E-state index contributed by atoms with van der Waals surface area (Å²) in [7, 11) is 0. The number of carbonyl (C=O) groups excluding carboxylic acids is 2. The topological polar surface area (TPSA) is 49.4 Å². The Morgan fingerprint density at radius 1 is 0.867 bits per heavy atom. The number of benzene rings is 3. The third-order valence-corrected chi connectivity index (χ3v) is 5.47. The summed E-state index contributed by atoms with van der Waals surface area (Å²) in [5.41, 5.74) is 0.216. The van der Waals surface area contributed by atoms with Crippen LogP contribution in [0, 0.1) is 23.4 Å². The normalized spacial score (nSPS) is 14.7. The Labute approximate surface area is 171 Å². The van der Waals surface area contributed by atoms with Crippen LogP contribution < -0.4 is 5.32 Å². The van der Waals surface area contributed by atoms with Crippen molar-refractivity contribution >= 4 is 28.3 Å². The second-order valence-corrected chi connectivity index (χ2v) is 7.31. The summed E-state index contributed by atoms with van der Waals surface area (Å²) < 4.78 is 40.2. The first-order chi connectivity index (χ1) is 14.5. The maximum absolute atomic E-state index is 13.8. The van der Waals surface area contributed by atoms with Gasteiger partial charge in [0.25, 0.3) is 5.91 Å². The summed E-state index contributed by atoms with van der Waals surface area (Å²) in [4.78, 5) is 27.1. The Morgan fingerprint density at radius 3 is 2.33 bits per heavy atom. The van der Waals surface area contributed by atoms with Gasteiger partial charge in [-0.1, -0.05) is 36.4 Å². The molecule has 1 N–H and O–H groups in total. The van der Waals surface area contributed by atoms with Crippen molar-refractivity contribution in [3.8, 4) is 0 Å². The van der Waals surface area contributed by atoms with Crippen LogP contribution in [0.1, 0.15) is 23.2 Å². The zero-order valence-corrected chi connectivity index (χ0v) is 16.0. The van der Waals surface area contributed by atoms with Gasteiger partial charge in [0, 0.05) is 24.6 Å². The van der Waals surface area contributed by atoms with E-state index in [4.69, 9.17) is 0 Å². The molecule has 3 aromatic rings. The number of nitrogens with one attached hydrogen (secondary N) is 1. The minimum atomic E-state index is -1.62. The molecule has 154 valence electrons. The predicted octanol–water partition coefficient (Wildman–Crippen LogP) is 4.75. The monoisotopic (exact) mass is 412 g/mol. The number of piperidine rings is 1. The molecule has 1 aliphatic heterocycles. The molecule has 0 spiro atoms. The molecule has 0 unspecified atom stereocenters. The number of amides is 2. The van der Waals surface area contributed by atoms with Crippen molar-refractivity contribution in [3.63, 3.8) is 0 Å². The zero-order valence-electron chi connectivity index (χ0n) is 16.0. The van der Waals surface area contributed by atoms with Crippen LogP contribution in [-0.4, -0.2) is 29.8 Å². The van der Waals surface area contributed by atoms with Crippen molar-refractivity contribution in [2.75, 3.05) is 18.4 Å². The molecule has 0 radical (unpaired) electrons. The van der Waals surface area contributed by atoms with E-state index in [0.717, 1.165) is 22.9 Å². The minimum Gasteiger partial charge on any atom is -0.339 e. The lowest BCUT2D eigenvalue weighted by Crippen LogP contribution is -2.41. The predicted molar refractivity (Wildman–Crippen MR) is 108 cm³/mol. The van der Waals surface area contributed by atoms with Gasteiger partial charge in [-0.05, 0) is 41.8 Å². The first-order valence-corrected chi connectivity index (χ1v) is 9.67. The molecule has 2 amide bonds. The second-order valence-electron chi connectivity index (χ2n) is 7.31. The van der Waals surface area contributed by atoms with E-state index in [2.05, 4.69) is 5.32 Å². The fourth-order valence-electron chi connectivity index (χ4n) is 3.78. The van der Waals surface area contributed by atoms with E-state index >= 15 is 0 Å². The fourth-order valence-corrected chi connectivity index (χ4v) is 3.78. The lowest BCUT2D eigenvalue weighted by molar-refractivity contribution is -0.121. The molecule has 4 rings (SSSR count). The van der Waals surface area contributed by atoms with Crippen LogP contribution in [0.15, 0.2) is 54.6 Å². The number of hydrogen-bond acceptors (Lipinski definition) is 2.